The summed E-state index contributed by atoms with van der Waals surface area (Å²) in [4.78, 5) is 0. The maximum absolute atomic E-state index is 2.50. The summed E-state index contributed by atoms with van der Waals surface area (Å²) in [7, 11) is 0. The van der Waals surface area contributed by atoms with Gasteiger partial charge in [0.15, 0.2) is 0 Å². The van der Waals surface area contributed by atoms with Crippen molar-refractivity contribution < 1.29 is 0 Å². The number of aromatic nitrogens is 2. The van der Waals surface area contributed by atoms with Crippen LogP contribution < -0.4 is 0 Å². The molecule has 0 saturated carbocycles. The molecule has 9 aromatic rings. The molecule has 186 valence electrons. The first-order valence-corrected chi connectivity index (χ1v) is 13.8. The number of para-hydroxylation sites is 3. The average molecular weight is 509 g/mol. The van der Waals surface area contributed by atoms with Gasteiger partial charge in [0, 0.05) is 38.0 Å². The van der Waals surface area contributed by atoms with E-state index in [0.29, 0.717) is 0 Å². The average Bonchev–Trinajstić information content (AvgIpc) is 3.53. The van der Waals surface area contributed by atoms with Crippen molar-refractivity contribution in [2.24, 2.45) is 0 Å². The third-order valence-corrected chi connectivity index (χ3v) is 8.45. The first kappa shape index (κ1) is 21.6. The van der Waals surface area contributed by atoms with Gasteiger partial charge in [0.2, 0.25) is 0 Å². The van der Waals surface area contributed by atoms with Gasteiger partial charge in [-0.3, -0.25) is 0 Å². The molecule has 9 rings (SSSR count). The van der Waals surface area contributed by atoms with E-state index in [4.69, 9.17) is 0 Å². The predicted molar refractivity (Wildman–Crippen MR) is 170 cm³/mol. The van der Waals surface area contributed by atoms with Crippen LogP contribution in [0.1, 0.15) is 0 Å². The summed E-state index contributed by atoms with van der Waals surface area (Å²) in [6.07, 6.45) is 0. The molecule has 0 bridgehead atoms. The molecule has 0 aliphatic rings. The topological polar surface area (TPSA) is 9.86 Å². The smallest absolute Gasteiger partial charge is 0.0641 e. The maximum Gasteiger partial charge on any atom is 0.0641 e. The molecule has 2 aromatic heterocycles. The lowest BCUT2D eigenvalue weighted by atomic mass is 10.0. The van der Waals surface area contributed by atoms with Crippen molar-refractivity contribution in [3.05, 3.63) is 146 Å². The molecule has 0 N–H and O–H groups in total. The molecule has 7 aromatic carbocycles. The highest BCUT2D eigenvalue weighted by molar-refractivity contribution is 6.27. The Morgan fingerprint density at radius 2 is 0.900 bits per heavy atom. The van der Waals surface area contributed by atoms with Crippen LogP contribution in [0.5, 0.6) is 0 Å². The lowest BCUT2D eigenvalue weighted by Crippen LogP contribution is -1.97. The highest BCUT2D eigenvalue weighted by Gasteiger charge is 2.22. The van der Waals surface area contributed by atoms with Crippen molar-refractivity contribution in [2.75, 3.05) is 0 Å². The number of hydrogen-bond donors (Lipinski definition) is 0. The van der Waals surface area contributed by atoms with E-state index in [9.17, 15) is 0 Å². The quantitative estimate of drug-likeness (QED) is 0.206. The zero-order valence-corrected chi connectivity index (χ0v) is 21.8. The van der Waals surface area contributed by atoms with Gasteiger partial charge in [0.05, 0.1) is 27.8 Å². The second-order valence-electron chi connectivity index (χ2n) is 10.6. The van der Waals surface area contributed by atoms with Crippen LogP contribution in [0.25, 0.3) is 76.5 Å². The lowest BCUT2D eigenvalue weighted by Gasteiger charge is -2.15. The molecule has 2 heterocycles. The molecule has 2 heteroatoms. The Kier molecular flexibility index (Phi) is 4.36. The molecular formula is C38H24N2. The number of nitrogens with zero attached hydrogens (tertiary/aromatic N) is 2. The minimum Gasteiger partial charge on any atom is -0.309 e. The van der Waals surface area contributed by atoms with Crippen LogP contribution in [0, 0.1) is 0 Å². The number of hydrogen-bond acceptors (Lipinski definition) is 0. The largest absolute Gasteiger partial charge is 0.309 e. The van der Waals surface area contributed by atoms with Crippen molar-refractivity contribution >= 4 is 65.2 Å². The Hall–Kier alpha value is -5.34. The standard InChI is InChI=1S/C38H24N2/c1-2-14-27(15-3-1)39-33-20-10-8-18-30(33)31-22-23-35-36(38(31)39)32-19-9-11-21-34(32)40(35)37-28-16-6-4-12-25(28)24-26-13-5-7-17-29(26)37/h1-24H. The van der Waals surface area contributed by atoms with E-state index in [1.807, 2.05) is 0 Å². The molecule has 0 amide bonds. The van der Waals surface area contributed by atoms with Gasteiger partial charge in [0.1, 0.15) is 0 Å². The van der Waals surface area contributed by atoms with E-state index < -0.39 is 0 Å². The van der Waals surface area contributed by atoms with Crippen molar-refractivity contribution in [1.82, 2.24) is 9.13 Å². The van der Waals surface area contributed by atoms with E-state index in [-0.39, 0.29) is 0 Å². The zero-order chi connectivity index (χ0) is 26.2. The van der Waals surface area contributed by atoms with Gasteiger partial charge in [0.25, 0.3) is 0 Å². The molecule has 0 aliphatic heterocycles. The fraction of sp³-hybridized carbons (Fsp3) is 0. The summed E-state index contributed by atoms with van der Waals surface area (Å²) >= 11 is 0. The van der Waals surface area contributed by atoms with Gasteiger partial charge in [-0.25, -0.2) is 0 Å². The Labute approximate surface area is 230 Å². The minimum atomic E-state index is 1.17. The van der Waals surface area contributed by atoms with Crippen molar-refractivity contribution in [3.63, 3.8) is 0 Å². The molecule has 0 radical (unpaired) electrons. The summed E-state index contributed by atoms with van der Waals surface area (Å²) in [6, 6.07) is 52.9. The number of benzene rings is 7. The molecule has 2 nitrogen and oxygen atoms in total. The predicted octanol–water partition coefficient (Wildman–Crippen LogP) is 10.2. The summed E-state index contributed by atoms with van der Waals surface area (Å²) < 4.78 is 4.95. The van der Waals surface area contributed by atoms with E-state index in [0.717, 1.165) is 0 Å². The van der Waals surface area contributed by atoms with Crippen LogP contribution in [0.15, 0.2) is 146 Å². The Morgan fingerprint density at radius 1 is 0.350 bits per heavy atom. The Balaban J connectivity index is 1.56. The minimum absolute atomic E-state index is 1.17. The summed E-state index contributed by atoms with van der Waals surface area (Å²) in [5.41, 5.74) is 7.33. The van der Waals surface area contributed by atoms with Crippen molar-refractivity contribution in [2.45, 2.75) is 0 Å². The Bertz CT molecular complexity index is 2370. The van der Waals surface area contributed by atoms with Gasteiger partial charge in [-0.15, -0.1) is 0 Å². The summed E-state index contributed by atoms with van der Waals surface area (Å²) in [6.45, 7) is 0. The Morgan fingerprint density at radius 3 is 1.60 bits per heavy atom. The molecule has 0 unspecified atom stereocenters. The van der Waals surface area contributed by atoms with Gasteiger partial charge in [-0.05, 0) is 47.2 Å². The zero-order valence-electron chi connectivity index (χ0n) is 21.8. The van der Waals surface area contributed by atoms with Crippen molar-refractivity contribution in [3.8, 4) is 11.4 Å². The van der Waals surface area contributed by atoms with Gasteiger partial charge in [-0.2, -0.15) is 0 Å². The van der Waals surface area contributed by atoms with Crippen LogP contribution in [0.2, 0.25) is 0 Å². The second-order valence-corrected chi connectivity index (χ2v) is 10.6. The van der Waals surface area contributed by atoms with E-state index in [2.05, 4.69) is 155 Å². The summed E-state index contributed by atoms with van der Waals surface area (Å²) in [5.74, 6) is 0. The van der Waals surface area contributed by atoms with Crippen LogP contribution >= 0.6 is 0 Å². The number of rotatable bonds is 2. The maximum atomic E-state index is 2.50. The summed E-state index contributed by atoms with van der Waals surface area (Å²) in [5, 5.41) is 10.1. The SMILES string of the molecule is c1ccc(-n2c3ccccc3c3ccc4c(c5ccccc5n4-c4c5ccccc5cc5ccccc45)c32)cc1. The third kappa shape index (κ3) is 2.82. The first-order valence-electron chi connectivity index (χ1n) is 13.8. The molecular weight excluding hydrogens is 484 g/mol. The van der Waals surface area contributed by atoms with E-state index in [1.54, 1.807) is 0 Å². The highest BCUT2D eigenvalue weighted by Crippen LogP contribution is 2.44. The monoisotopic (exact) mass is 508 g/mol. The van der Waals surface area contributed by atoms with Crippen LogP contribution in [-0.2, 0) is 0 Å². The van der Waals surface area contributed by atoms with E-state index >= 15 is 0 Å². The lowest BCUT2D eigenvalue weighted by molar-refractivity contribution is 1.18. The highest BCUT2D eigenvalue weighted by atomic mass is 15.0. The molecule has 40 heavy (non-hydrogen) atoms. The molecule has 0 saturated heterocycles. The van der Waals surface area contributed by atoms with Crippen LogP contribution in [0.3, 0.4) is 0 Å². The normalized spacial score (nSPS) is 12.0. The van der Waals surface area contributed by atoms with Crippen molar-refractivity contribution in [1.29, 1.82) is 0 Å². The fourth-order valence-electron chi connectivity index (χ4n) is 6.83. The van der Waals surface area contributed by atoms with Crippen LogP contribution in [-0.4, -0.2) is 9.13 Å². The third-order valence-electron chi connectivity index (χ3n) is 8.45. The van der Waals surface area contributed by atoms with Gasteiger partial charge >= 0.3 is 0 Å². The second kappa shape index (κ2) is 8.08. The van der Waals surface area contributed by atoms with Gasteiger partial charge in [-0.1, -0.05) is 109 Å². The molecule has 0 fully saturated rings. The fourth-order valence-corrected chi connectivity index (χ4v) is 6.83. The van der Waals surface area contributed by atoms with Gasteiger partial charge < -0.3 is 9.13 Å². The first-order chi connectivity index (χ1) is 19.9. The van der Waals surface area contributed by atoms with Crippen LogP contribution in [0.4, 0.5) is 0 Å². The van der Waals surface area contributed by atoms with E-state index in [1.165, 1.54) is 76.5 Å². The number of fused-ring (bicyclic) bond motifs is 9. The molecule has 0 aliphatic carbocycles. The molecule has 0 atom stereocenters. The molecule has 0 spiro atoms.